The number of aromatic nitrogens is 1. The van der Waals surface area contributed by atoms with Crippen LogP contribution in [-0.2, 0) is 11.4 Å². The maximum atomic E-state index is 13.2. The van der Waals surface area contributed by atoms with Gasteiger partial charge in [-0.05, 0) is 48.7 Å². The zero-order valence-corrected chi connectivity index (χ0v) is 20.2. The lowest BCUT2D eigenvalue weighted by molar-refractivity contribution is 0.102. The topological polar surface area (TPSA) is 122 Å². The number of benzene rings is 2. The second kappa shape index (κ2) is 11.4. The molecule has 0 radical (unpaired) electrons. The Morgan fingerprint density at radius 2 is 1.79 bits per heavy atom. The van der Waals surface area contributed by atoms with E-state index in [2.05, 4.69) is 20.3 Å². The predicted molar refractivity (Wildman–Crippen MR) is 137 cm³/mol. The van der Waals surface area contributed by atoms with E-state index in [4.69, 9.17) is 10.1 Å². The van der Waals surface area contributed by atoms with Crippen LogP contribution in [-0.4, -0.2) is 35.8 Å². The Morgan fingerprint density at radius 3 is 2.44 bits per heavy atom. The van der Waals surface area contributed by atoms with E-state index in [0.717, 1.165) is 22.4 Å². The van der Waals surface area contributed by atoms with E-state index in [1.807, 2.05) is 38.1 Å². The van der Waals surface area contributed by atoms with E-state index in [-0.39, 0.29) is 11.8 Å². The van der Waals surface area contributed by atoms with E-state index in [0.29, 0.717) is 21.8 Å². The first-order chi connectivity index (χ1) is 16.4. The molecule has 4 N–H and O–H groups in total. The molecule has 1 aromatic heterocycles. The molecule has 0 saturated carbocycles. The lowest BCUT2D eigenvalue weighted by Gasteiger charge is -2.17. The van der Waals surface area contributed by atoms with Crippen LogP contribution >= 0.6 is 0 Å². The highest BCUT2D eigenvalue weighted by atomic mass is 32.2. The number of hydrogen-bond acceptors (Lipinski definition) is 7. The van der Waals surface area contributed by atoms with Gasteiger partial charge in [-0.15, -0.1) is 0 Å². The molecule has 0 saturated heterocycles. The average molecular weight is 478 g/mol. The minimum Gasteiger partial charge on any atom is -0.588 e. The molecule has 34 heavy (non-hydrogen) atoms. The van der Waals surface area contributed by atoms with Gasteiger partial charge in [0.15, 0.2) is 0 Å². The van der Waals surface area contributed by atoms with Crippen molar-refractivity contribution in [2.24, 2.45) is 0 Å². The first kappa shape index (κ1) is 24.8. The van der Waals surface area contributed by atoms with E-state index >= 15 is 0 Å². The van der Waals surface area contributed by atoms with Gasteiger partial charge < -0.3 is 25.3 Å². The summed E-state index contributed by atoms with van der Waals surface area (Å²) in [5.74, 6) is -0.147. The summed E-state index contributed by atoms with van der Waals surface area (Å²) < 4.78 is 21.5. The second-order valence-electron chi connectivity index (χ2n) is 7.40. The standard InChI is InChI=1S/C25H27N5O3S/c1-16-7-5-8-17(2)23(16)30-34(32)22-14-20(15-28-25(22)33-4)29-24(31)19-10-6-9-18(13-19)21(27-3)11-12-26/h5-15,26-27,30H,1-4H3,(H,29,31)/b21-11-,26-12?. The molecular weight excluding hydrogens is 450 g/mol. The van der Waals surface area contributed by atoms with Gasteiger partial charge in [0.2, 0.25) is 4.90 Å². The second-order valence-corrected chi connectivity index (χ2v) is 8.58. The summed E-state index contributed by atoms with van der Waals surface area (Å²) in [5.41, 5.74) is 4.98. The summed E-state index contributed by atoms with van der Waals surface area (Å²) in [7, 11) is 3.20. The summed E-state index contributed by atoms with van der Waals surface area (Å²) in [6.07, 6.45) is 4.24. The number of aryl methyl sites for hydroxylation is 2. The SMILES string of the molecule is CN/C(=C\C=N)c1cccc(C(=O)Nc2cnc(OC)c([S+]([O-])Nc3c(C)cccc3C)c2)c1. The molecule has 8 nitrogen and oxygen atoms in total. The van der Waals surface area contributed by atoms with Crippen LogP contribution in [0.2, 0.25) is 0 Å². The van der Waals surface area contributed by atoms with Crippen molar-refractivity contribution in [1.29, 1.82) is 5.41 Å². The smallest absolute Gasteiger partial charge is 0.273 e. The molecule has 176 valence electrons. The van der Waals surface area contributed by atoms with Crippen molar-refractivity contribution in [3.63, 3.8) is 0 Å². The van der Waals surface area contributed by atoms with Crippen molar-refractivity contribution in [3.8, 4) is 5.88 Å². The van der Waals surface area contributed by atoms with Gasteiger partial charge in [0.25, 0.3) is 11.8 Å². The molecule has 0 fully saturated rings. The van der Waals surface area contributed by atoms with Crippen molar-refractivity contribution in [2.75, 3.05) is 24.2 Å². The highest BCUT2D eigenvalue weighted by molar-refractivity contribution is 7.92. The first-order valence-electron chi connectivity index (χ1n) is 10.5. The first-order valence-corrected chi connectivity index (χ1v) is 11.6. The van der Waals surface area contributed by atoms with Gasteiger partial charge in [-0.2, -0.15) is 0 Å². The molecule has 0 aliphatic carbocycles. The van der Waals surface area contributed by atoms with Gasteiger partial charge in [-0.1, -0.05) is 30.3 Å². The third-order valence-corrected chi connectivity index (χ3v) is 6.18. The van der Waals surface area contributed by atoms with Crippen molar-refractivity contribution >= 4 is 40.6 Å². The molecule has 0 spiro atoms. The fourth-order valence-electron chi connectivity index (χ4n) is 3.35. The summed E-state index contributed by atoms with van der Waals surface area (Å²) in [5, 5.41) is 13.1. The number of carbonyl (C=O) groups excluding carboxylic acids is 1. The molecule has 3 rings (SSSR count). The molecule has 1 atom stereocenters. The number of hydrogen-bond donors (Lipinski definition) is 4. The zero-order valence-electron chi connectivity index (χ0n) is 19.4. The molecule has 3 aromatic rings. The monoisotopic (exact) mass is 477 g/mol. The highest BCUT2D eigenvalue weighted by Gasteiger charge is 2.23. The number of rotatable bonds is 9. The number of ether oxygens (including phenoxy) is 1. The number of carbonyl (C=O) groups is 1. The van der Waals surface area contributed by atoms with Crippen LogP contribution in [0.25, 0.3) is 5.70 Å². The van der Waals surface area contributed by atoms with Crippen LogP contribution in [0.1, 0.15) is 27.0 Å². The number of methoxy groups -OCH3 is 1. The molecule has 0 aliphatic rings. The normalized spacial score (nSPS) is 12.0. The fraction of sp³-hybridized carbons (Fsp3) is 0.160. The molecule has 0 bridgehead atoms. The Hall–Kier alpha value is -3.82. The van der Waals surface area contributed by atoms with Crippen LogP contribution in [0, 0.1) is 19.3 Å². The van der Waals surface area contributed by atoms with Gasteiger partial charge in [-0.3, -0.25) is 4.79 Å². The van der Waals surface area contributed by atoms with E-state index < -0.39 is 11.4 Å². The van der Waals surface area contributed by atoms with Gasteiger partial charge in [0.05, 0.1) is 24.7 Å². The van der Waals surface area contributed by atoms with Crippen LogP contribution in [0.15, 0.2) is 65.7 Å². The molecule has 2 aromatic carbocycles. The van der Waals surface area contributed by atoms with Crippen LogP contribution in [0.3, 0.4) is 0 Å². The Morgan fingerprint density at radius 1 is 1.12 bits per heavy atom. The third kappa shape index (κ3) is 5.75. The molecule has 0 aliphatic heterocycles. The van der Waals surface area contributed by atoms with Crippen molar-refractivity contribution in [3.05, 3.63) is 83.1 Å². The Kier molecular flexibility index (Phi) is 8.29. The largest absolute Gasteiger partial charge is 0.588 e. The minimum absolute atomic E-state index is 0.201. The summed E-state index contributed by atoms with van der Waals surface area (Å²) >= 11 is -1.68. The predicted octanol–water partition coefficient (Wildman–Crippen LogP) is 4.30. The van der Waals surface area contributed by atoms with Gasteiger partial charge >= 0.3 is 0 Å². The average Bonchev–Trinajstić information content (AvgIpc) is 2.84. The van der Waals surface area contributed by atoms with E-state index in [1.165, 1.54) is 19.5 Å². The molecular formula is C25H27N5O3S. The summed E-state index contributed by atoms with van der Waals surface area (Å²) in [4.78, 5) is 17.4. The highest BCUT2D eigenvalue weighted by Crippen LogP contribution is 2.29. The van der Waals surface area contributed by atoms with Crippen molar-refractivity contribution in [1.82, 2.24) is 10.3 Å². The summed E-state index contributed by atoms with van der Waals surface area (Å²) in [6.45, 7) is 3.87. The Labute approximate surface area is 202 Å². The van der Waals surface area contributed by atoms with Gasteiger partial charge in [0.1, 0.15) is 11.4 Å². The Balaban J connectivity index is 1.85. The third-order valence-electron chi connectivity index (χ3n) is 5.10. The number of allylic oxidation sites excluding steroid dienone is 1. The number of nitrogens with one attached hydrogen (secondary N) is 4. The lowest BCUT2D eigenvalue weighted by atomic mass is 10.1. The minimum atomic E-state index is -1.68. The van der Waals surface area contributed by atoms with Crippen LogP contribution in [0.5, 0.6) is 5.88 Å². The van der Waals surface area contributed by atoms with Crippen molar-refractivity contribution < 1.29 is 14.1 Å². The van der Waals surface area contributed by atoms with Crippen molar-refractivity contribution in [2.45, 2.75) is 18.7 Å². The lowest BCUT2D eigenvalue weighted by Crippen LogP contribution is -2.18. The number of anilines is 2. The maximum Gasteiger partial charge on any atom is 0.273 e. The van der Waals surface area contributed by atoms with Gasteiger partial charge in [-0.25, -0.2) is 9.71 Å². The van der Waals surface area contributed by atoms with Gasteiger partial charge in [0, 0.05) is 30.6 Å². The maximum absolute atomic E-state index is 13.2. The molecule has 9 heteroatoms. The molecule has 1 unspecified atom stereocenters. The number of para-hydroxylation sites is 1. The van der Waals surface area contributed by atoms with Crippen LogP contribution in [0.4, 0.5) is 11.4 Å². The van der Waals surface area contributed by atoms with Crippen LogP contribution < -0.4 is 20.1 Å². The van der Waals surface area contributed by atoms with E-state index in [9.17, 15) is 9.35 Å². The fourth-order valence-corrected chi connectivity index (χ4v) is 4.49. The van der Waals surface area contributed by atoms with E-state index in [1.54, 1.807) is 37.4 Å². The zero-order chi connectivity index (χ0) is 24.7. The number of pyridine rings is 1. The number of nitrogens with zero attached hydrogens (tertiary/aromatic N) is 1. The molecule has 1 heterocycles. The molecule has 1 amide bonds. The number of amides is 1. The quantitative estimate of drug-likeness (QED) is 0.269. The summed E-state index contributed by atoms with van der Waals surface area (Å²) in [6, 6.07) is 14.4. The Bertz CT molecular complexity index is 1210.